The van der Waals surface area contributed by atoms with E-state index in [0.29, 0.717) is 36.6 Å². The van der Waals surface area contributed by atoms with Crippen molar-refractivity contribution in [3.05, 3.63) is 63.6 Å². The number of benzene rings is 2. The van der Waals surface area contributed by atoms with Gasteiger partial charge in [0, 0.05) is 36.2 Å². The lowest BCUT2D eigenvalue weighted by atomic mass is 10.1. The van der Waals surface area contributed by atoms with Crippen molar-refractivity contribution in [2.24, 2.45) is 0 Å². The van der Waals surface area contributed by atoms with E-state index in [0.717, 1.165) is 29.3 Å². The van der Waals surface area contributed by atoms with Gasteiger partial charge in [0.1, 0.15) is 0 Å². The van der Waals surface area contributed by atoms with Gasteiger partial charge in [-0.3, -0.25) is 4.79 Å². The number of fused-ring (bicyclic) bond motifs is 1. The van der Waals surface area contributed by atoms with Crippen LogP contribution >= 0.6 is 15.9 Å². The van der Waals surface area contributed by atoms with Crippen LogP contribution < -0.4 is 0 Å². The second-order valence-electron chi connectivity index (χ2n) is 6.99. The summed E-state index contributed by atoms with van der Waals surface area (Å²) in [6.45, 7) is 1.45. The second kappa shape index (κ2) is 7.37. The molecule has 0 bridgehead atoms. The van der Waals surface area contributed by atoms with Crippen LogP contribution in [0.15, 0.2) is 51.8 Å². The molecule has 0 atom stereocenters. The van der Waals surface area contributed by atoms with Gasteiger partial charge in [0.05, 0.1) is 4.90 Å². The number of hydrogen-bond acceptors (Lipinski definition) is 3. The SMILES string of the molecule is O=C(c1ccc(Br)cc1)N1CCN(S(=O)(=O)c2ccc3c(c2)CCC3)CC1. The van der Waals surface area contributed by atoms with Crippen LogP contribution in [0.1, 0.15) is 27.9 Å². The van der Waals surface area contributed by atoms with Gasteiger partial charge in [-0.05, 0) is 66.8 Å². The summed E-state index contributed by atoms with van der Waals surface area (Å²) in [6.07, 6.45) is 3.08. The molecule has 4 rings (SSSR count). The summed E-state index contributed by atoms with van der Waals surface area (Å²) < 4.78 is 28.4. The van der Waals surface area contributed by atoms with Gasteiger partial charge >= 0.3 is 0 Å². The number of rotatable bonds is 3. The zero-order valence-corrected chi connectivity index (χ0v) is 17.3. The van der Waals surface area contributed by atoms with Gasteiger partial charge in [0.2, 0.25) is 10.0 Å². The normalized spacial score (nSPS) is 17.7. The van der Waals surface area contributed by atoms with E-state index >= 15 is 0 Å². The Morgan fingerprint density at radius 1 is 0.889 bits per heavy atom. The van der Waals surface area contributed by atoms with Crippen molar-refractivity contribution in [3.63, 3.8) is 0 Å². The molecule has 2 aromatic carbocycles. The third-order valence-corrected chi connectivity index (χ3v) is 7.75. The highest BCUT2D eigenvalue weighted by Crippen LogP contribution is 2.27. The zero-order chi connectivity index (χ0) is 19.0. The van der Waals surface area contributed by atoms with Crippen LogP contribution in [0, 0.1) is 0 Å². The first kappa shape index (κ1) is 18.7. The van der Waals surface area contributed by atoms with Crippen LogP contribution in [0.4, 0.5) is 0 Å². The van der Waals surface area contributed by atoms with E-state index < -0.39 is 10.0 Å². The van der Waals surface area contributed by atoms with Gasteiger partial charge < -0.3 is 4.90 Å². The molecule has 2 aromatic rings. The van der Waals surface area contributed by atoms with Crippen molar-refractivity contribution in [3.8, 4) is 0 Å². The van der Waals surface area contributed by atoms with Crippen molar-refractivity contribution in [1.82, 2.24) is 9.21 Å². The monoisotopic (exact) mass is 448 g/mol. The molecule has 0 saturated carbocycles. The summed E-state index contributed by atoms with van der Waals surface area (Å²) in [5.74, 6) is -0.0583. The Labute approximate surface area is 168 Å². The number of carbonyl (C=O) groups excluding carboxylic acids is 1. The molecule has 1 aliphatic carbocycles. The van der Waals surface area contributed by atoms with Gasteiger partial charge in [-0.25, -0.2) is 8.42 Å². The lowest BCUT2D eigenvalue weighted by molar-refractivity contribution is 0.0698. The van der Waals surface area contributed by atoms with Gasteiger partial charge in [-0.1, -0.05) is 22.0 Å². The van der Waals surface area contributed by atoms with Crippen LogP contribution in [0.2, 0.25) is 0 Å². The number of sulfonamides is 1. The smallest absolute Gasteiger partial charge is 0.253 e. The Hall–Kier alpha value is -1.70. The van der Waals surface area contributed by atoms with E-state index in [9.17, 15) is 13.2 Å². The lowest BCUT2D eigenvalue weighted by Crippen LogP contribution is -2.50. The molecule has 27 heavy (non-hydrogen) atoms. The number of piperazine rings is 1. The predicted molar refractivity (Wildman–Crippen MR) is 107 cm³/mol. The predicted octanol–water partition coefficient (Wildman–Crippen LogP) is 3.08. The molecule has 1 heterocycles. The molecule has 1 fully saturated rings. The highest BCUT2D eigenvalue weighted by molar-refractivity contribution is 9.10. The fraction of sp³-hybridized carbons (Fsp3) is 0.350. The fourth-order valence-corrected chi connectivity index (χ4v) is 5.50. The van der Waals surface area contributed by atoms with E-state index in [1.807, 2.05) is 24.3 Å². The number of aryl methyl sites for hydroxylation is 2. The molecule has 1 saturated heterocycles. The van der Waals surface area contributed by atoms with Crippen LogP contribution in [0.3, 0.4) is 0 Å². The molecule has 0 unspecified atom stereocenters. The zero-order valence-electron chi connectivity index (χ0n) is 14.9. The highest BCUT2D eigenvalue weighted by atomic mass is 79.9. The first-order chi connectivity index (χ1) is 12.9. The molecule has 0 spiro atoms. The molecule has 7 heteroatoms. The standard InChI is InChI=1S/C20H21BrN2O3S/c21-18-7-4-16(5-8-18)20(24)22-10-12-23(13-11-22)27(25,26)19-9-6-15-2-1-3-17(15)14-19/h4-9,14H,1-3,10-13H2. The van der Waals surface area contributed by atoms with Crippen molar-refractivity contribution in [2.75, 3.05) is 26.2 Å². The molecule has 142 valence electrons. The summed E-state index contributed by atoms with van der Waals surface area (Å²) in [6, 6.07) is 12.7. The Morgan fingerprint density at radius 3 is 2.26 bits per heavy atom. The molecule has 0 aromatic heterocycles. The molecule has 1 amide bonds. The van der Waals surface area contributed by atoms with Crippen LogP contribution in [-0.2, 0) is 22.9 Å². The Kier molecular flexibility index (Phi) is 5.09. The largest absolute Gasteiger partial charge is 0.336 e. The lowest BCUT2D eigenvalue weighted by Gasteiger charge is -2.34. The maximum Gasteiger partial charge on any atom is 0.253 e. The van der Waals surface area contributed by atoms with E-state index in [1.165, 1.54) is 9.87 Å². The summed E-state index contributed by atoms with van der Waals surface area (Å²) >= 11 is 3.36. The fourth-order valence-electron chi connectivity index (χ4n) is 3.76. The maximum absolute atomic E-state index is 13.0. The average Bonchev–Trinajstić information content (AvgIpc) is 3.16. The number of amides is 1. The van der Waals surface area contributed by atoms with Gasteiger partial charge in [0.25, 0.3) is 5.91 Å². The summed E-state index contributed by atoms with van der Waals surface area (Å²) in [5.41, 5.74) is 3.03. The molecule has 0 radical (unpaired) electrons. The molecule has 0 N–H and O–H groups in total. The number of nitrogens with zero attached hydrogens (tertiary/aromatic N) is 2. The van der Waals surface area contributed by atoms with E-state index in [2.05, 4.69) is 15.9 Å². The quantitative estimate of drug-likeness (QED) is 0.724. The Balaban J connectivity index is 1.45. The highest BCUT2D eigenvalue weighted by Gasteiger charge is 2.31. The molecule has 2 aliphatic rings. The van der Waals surface area contributed by atoms with Gasteiger partial charge in [-0.2, -0.15) is 4.31 Å². The van der Waals surface area contributed by atoms with Crippen LogP contribution in [-0.4, -0.2) is 49.7 Å². The number of hydrogen-bond donors (Lipinski definition) is 0. The molecular formula is C20H21BrN2O3S. The van der Waals surface area contributed by atoms with E-state index in [1.54, 1.807) is 23.1 Å². The number of halogens is 1. The van der Waals surface area contributed by atoms with Gasteiger partial charge in [0.15, 0.2) is 0 Å². The first-order valence-corrected chi connectivity index (χ1v) is 11.4. The summed E-state index contributed by atoms with van der Waals surface area (Å²) in [4.78, 5) is 14.7. The van der Waals surface area contributed by atoms with E-state index in [4.69, 9.17) is 0 Å². The van der Waals surface area contributed by atoms with E-state index in [-0.39, 0.29) is 5.91 Å². The molecule has 5 nitrogen and oxygen atoms in total. The minimum atomic E-state index is -3.51. The van der Waals surface area contributed by atoms with Crippen LogP contribution in [0.25, 0.3) is 0 Å². The maximum atomic E-state index is 13.0. The minimum Gasteiger partial charge on any atom is -0.336 e. The minimum absolute atomic E-state index is 0.0583. The molecular weight excluding hydrogens is 428 g/mol. The van der Waals surface area contributed by atoms with Crippen molar-refractivity contribution >= 4 is 31.9 Å². The van der Waals surface area contributed by atoms with Gasteiger partial charge in [-0.15, -0.1) is 0 Å². The number of carbonyl (C=O) groups is 1. The third kappa shape index (κ3) is 3.68. The summed E-state index contributed by atoms with van der Waals surface area (Å²) in [7, 11) is -3.51. The Bertz CT molecular complexity index is 965. The topological polar surface area (TPSA) is 57.7 Å². The second-order valence-corrected chi connectivity index (χ2v) is 9.84. The average molecular weight is 449 g/mol. The summed E-state index contributed by atoms with van der Waals surface area (Å²) in [5, 5.41) is 0. The van der Waals surface area contributed by atoms with Crippen molar-refractivity contribution in [2.45, 2.75) is 24.2 Å². The third-order valence-electron chi connectivity index (χ3n) is 5.32. The van der Waals surface area contributed by atoms with Crippen LogP contribution in [0.5, 0.6) is 0 Å². The Morgan fingerprint density at radius 2 is 1.56 bits per heavy atom. The van der Waals surface area contributed by atoms with Crippen molar-refractivity contribution in [1.29, 1.82) is 0 Å². The molecule has 1 aliphatic heterocycles. The van der Waals surface area contributed by atoms with Crippen molar-refractivity contribution < 1.29 is 13.2 Å². The first-order valence-electron chi connectivity index (χ1n) is 9.12.